The van der Waals surface area contributed by atoms with Crippen LogP contribution in [0.3, 0.4) is 0 Å². The fraction of sp³-hybridized carbons (Fsp3) is 0.158. The van der Waals surface area contributed by atoms with Gasteiger partial charge in [0.15, 0.2) is 0 Å². The highest BCUT2D eigenvalue weighted by molar-refractivity contribution is 6.30. The van der Waals surface area contributed by atoms with Crippen molar-refractivity contribution in [3.63, 3.8) is 0 Å². The molecule has 0 radical (unpaired) electrons. The van der Waals surface area contributed by atoms with Gasteiger partial charge in [-0.05, 0) is 37.3 Å². The maximum absolute atomic E-state index is 12.1. The second-order valence-electron chi connectivity index (χ2n) is 5.72. The van der Waals surface area contributed by atoms with E-state index in [4.69, 9.17) is 11.6 Å². The van der Waals surface area contributed by atoms with Gasteiger partial charge in [-0.3, -0.25) is 4.79 Å². The van der Waals surface area contributed by atoms with E-state index in [-0.39, 0.29) is 5.91 Å². The van der Waals surface area contributed by atoms with Gasteiger partial charge in [0.1, 0.15) is 23.3 Å². The van der Waals surface area contributed by atoms with Crippen molar-refractivity contribution in [1.82, 2.24) is 20.3 Å². The van der Waals surface area contributed by atoms with Crippen LogP contribution >= 0.6 is 11.6 Å². The molecular weight excluding hydrogens is 364 g/mol. The van der Waals surface area contributed by atoms with Gasteiger partial charge in [0.05, 0.1) is 0 Å². The van der Waals surface area contributed by atoms with Gasteiger partial charge in [0, 0.05) is 35.9 Å². The molecule has 0 bridgehead atoms. The van der Waals surface area contributed by atoms with E-state index < -0.39 is 0 Å². The summed E-state index contributed by atoms with van der Waals surface area (Å²) in [7, 11) is 0. The third kappa shape index (κ3) is 5.65. The van der Waals surface area contributed by atoms with Gasteiger partial charge in [-0.15, -0.1) is 0 Å². The number of rotatable bonds is 7. The lowest BCUT2D eigenvalue weighted by molar-refractivity contribution is 0.0955. The van der Waals surface area contributed by atoms with E-state index in [1.165, 1.54) is 0 Å². The molecule has 3 N–H and O–H groups in total. The van der Waals surface area contributed by atoms with Crippen LogP contribution < -0.4 is 16.0 Å². The summed E-state index contributed by atoms with van der Waals surface area (Å²) in [5.41, 5.74) is 0.530. The van der Waals surface area contributed by atoms with E-state index in [0.717, 1.165) is 0 Å². The van der Waals surface area contributed by atoms with E-state index in [9.17, 15) is 4.79 Å². The molecule has 0 unspecified atom stereocenters. The minimum Gasteiger partial charge on any atom is -0.368 e. The van der Waals surface area contributed by atoms with E-state index in [0.29, 0.717) is 47.0 Å². The first-order chi connectivity index (χ1) is 13.1. The standard InChI is InChI=1S/C19H19ClN6O/c1-13-24-17(12-18(25-13)26-16-7-2-3-8-21-16)22-9-10-23-19(27)14-5-4-6-15(20)11-14/h2-8,11-12H,9-10H2,1H3,(H,23,27)(H2,21,22,24,25,26). The quantitative estimate of drug-likeness (QED) is 0.542. The van der Waals surface area contributed by atoms with Crippen molar-refractivity contribution in [3.05, 3.63) is 71.1 Å². The molecule has 0 saturated carbocycles. The largest absolute Gasteiger partial charge is 0.368 e. The highest BCUT2D eigenvalue weighted by atomic mass is 35.5. The highest BCUT2D eigenvalue weighted by Gasteiger charge is 2.06. The van der Waals surface area contributed by atoms with Crippen molar-refractivity contribution in [2.45, 2.75) is 6.92 Å². The molecule has 7 nitrogen and oxygen atoms in total. The molecule has 0 fully saturated rings. The molecule has 0 aliphatic heterocycles. The Labute approximate surface area is 162 Å². The summed E-state index contributed by atoms with van der Waals surface area (Å²) < 4.78 is 0. The maximum atomic E-state index is 12.1. The molecule has 0 atom stereocenters. The summed E-state index contributed by atoms with van der Waals surface area (Å²) in [6, 6.07) is 14.2. The Bertz CT molecular complexity index is 919. The number of carbonyl (C=O) groups excluding carboxylic acids is 1. The molecule has 8 heteroatoms. The first-order valence-electron chi connectivity index (χ1n) is 8.41. The van der Waals surface area contributed by atoms with Gasteiger partial charge in [-0.25, -0.2) is 15.0 Å². The van der Waals surface area contributed by atoms with E-state index >= 15 is 0 Å². The van der Waals surface area contributed by atoms with Crippen molar-refractivity contribution in [2.75, 3.05) is 23.7 Å². The van der Waals surface area contributed by atoms with E-state index in [1.54, 1.807) is 36.5 Å². The summed E-state index contributed by atoms with van der Waals surface area (Å²) in [6.07, 6.45) is 1.71. The molecule has 1 aromatic carbocycles. The second kappa shape index (κ2) is 8.95. The van der Waals surface area contributed by atoms with Crippen LogP contribution in [0.25, 0.3) is 0 Å². The molecule has 2 heterocycles. The fourth-order valence-corrected chi connectivity index (χ4v) is 2.58. The zero-order valence-electron chi connectivity index (χ0n) is 14.7. The average Bonchev–Trinajstić information content (AvgIpc) is 2.65. The zero-order valence-corrected chi connectivity index (χ0v) is 15.5. The average molecular weight is 383 g/mol. The van der Waals surface area contributed by atoms with Gasteiger partial charge >= 0.3 is 0 Å². The Hall–Kier alpha value is -3.19. The molecule has 0 saturated heterocycles. The summed E-state index contributed by atoms with van der Waals surface area (Å²) in [5, 5.41) is 9.68. The number of anilines is 3. The molecule has 0 spiro atoms. The normalized spacial score (nSPS) is 10.3. The molecule has 0 aliphatic rings. The molecule has 138 valence electrons. The molecule has 27 heavy (non-hydrogen) atoms. The van der Waals surface area contributed by atoms with Crippen LogP contribution in [0.15, 0.2) is 54.7 Å². The Kier molecular flexibility index (Phi) is 6.17. The number of aromatic nitrogens is 3. The Morgan fingerprint density at radius 2 is 1.85 bits per heavy atom. The number of hydrogen-bond donors (Lipinski definition) is 3. The Morgan fingerprint density at radius 3 is 2.63 bits per heavy atom. The third-order valence-corrected chi connectivity index (χ3v) is 3.80. The fourth-order valence-electron chi connectivity index (χ4n) is 2.39. The number of amides is 1. The number of aryl methyl sites for hydroxylation is 1. The van der Waals surface area contributed by atoms with Gasteiger partial charge in [0.2, 0.25) is 0 Å². The molecule has 3 rings (SSSR count). The maximum Gasteiger partial charge on any atom is 0.251 e. The molecule has 1 amide bonds. The van der Waals surface area contributed by atoms with Crippen molar-refractivity contribution < 1.29 is 4.79 Å². The third-order valence-electron chi connectivity index (χ3n) is 3.56. The zero-order chi connectivity index (χ0) is 19.1. The number of hydrogen-bond acceptors (Lipinski definition) is 6. The van der Waals surface area contributed by atoms with Crippen LogP contribution in [0.2, 0.25) is 5.02 Å². The number of halogens is 1. The topological polar surface area (TPSA) is 91.8 Å². The van der Waals surface area contributed by atoms with Crippen LogP contribution in [-0.2, 0) is 0 Å². The van der Waals surface area contributed by atoms with Crippen LogP contribution in [-0.4, -0.2) is 33.9 Å². The Balaban J connectivity index is 1.53. The summed E-state index contributed by atoms with van der Waals surface area (Å²) in [4.78, 5) is 25.0. The lowest BCUT2D eigenvalue weighted by Gasteiger charge is -2.10. The number of benzene rings is 1. The first-order valence-corrected chi connectivity index (χ1v) is 8.79. The number of nitrogens with zero attached hydrogens (tertiary/aromatic N) is 3. The summed E-state index contributed by atoms with van der Waals surface area (Å²) >= 11 is 5.90. The molecular formula is C19H19ClN6O. The van der Waals surface area contributed by atoms with Gasteiger partial charge in [0.25, 0.3) is 5.91 Å². The van der Waals surface area contributed by atoms with E-state index in [2.05, 4.69) is 30.9 Å². The smallest absolute Gasteiger partial charge is 0.251 e. The van der Waals surface area contributed by atoms with Crippen molar-refractivity contribution in [2.24, 2.45) is 0 Å². The minimum absolute atomic E-state index is 0.171. The predicted octanol–water partition coefficient (Wildman–Crippen LogP) is 3.42. The highest BCUT2D eigenvalue weighted by Crippen LogP contribution is 2.15. The monoisotopic (exact) mass is 382 g/mol. The van der Waals surface area contributed by atoms with Crippen molar-refractivity contribution in [3.8, 4) is 0 Å². The van der Waals surface area contributed by atoms with Crippen LogP contribution in [0.4, 0.5) is 17.5 Å². The summed E-state index contributed by atoms with van der Waals surface area (Å²) in [6.45, 7) is 2.78. The van der Waals surface area contributed by atoms with E-state index in [1.807, 2.05) is 25.1 Å². The predicted molar refractivity (Wildman–Crippen MR) is 107 cm³/mol. The van der Waals surface area contributed by atoms with Crippen molar-refractivity contribution in [1.29, 1.82) is 0 Å². The lowest BCUT2D eigenvalue weighted by Crippen LogP contribution is -2.28. The van der Waals surface area contributed by atoms with Gasteiger partial charge < -0.3 is 16.0 Å². The molecule has 0 aliphatic carbocycles. The van der Waals surface area contributed by atoms with Crippen molar-refractivity contribution >= 4 is 35.0 Å². The second-order valence-corrected chi connectivity index (χ2v) is 6.16. The SMILES string of the molecule is Cc1nc(NCCNC(=O)c2cccc(Cl)c2)cc(Nc2ccccn2)n1. The summed E-state index contributed by atoms with van der Waals surface area (Å²) in [5.74, 6) is 2.47. The van der Waals surface area contributed by atoms with Crippen LogP contribution in [0.1, 0.15) is 16.2 Å². The number of nitrogens with one attached hydrogen (secondary N) is 3. The molecule has 3 aromatic rings. The van der Waals surface area contributed by atoms with Crippen LogP contribution in [0, 0.1) is 6.92 Å². The Morgan fingerprint density at radius 1 is 1.00 bits per heavy atom. The van der Waals surface area contributed by atoms with Gasteiger partial charge in [-0.2, -0.15) is 0 Å². The lowest BCUT2D eigenvalue weighted by atomic mass is 10.2. The minimum atomic E-state index is -0.171. The van der Waals surface area contributed by atoms with Crippen LogP contribution in [0.5, 0.6) is 0 Å². The number of pyridine rings is 1. The first kappa shape index (κ1) is 18.6. The number of carbonyl (C=O) groups is 1. The van der Waals surface area contributed by atoms with Gasteiger partial charge in [-0.1, -0.05) is 23.7 Å². The molecule has 2 aromatic heterocycles.